The summed E-state index contributed by atoms with van der Waals surface area (Å²) < 4.78 is 3.82. The highest BCUT2D eigenvalue weighted by Gasteiger charge is 2.16. The molecule has 0 saturated heterocycles. The SMILES string of the molecule is Cc1ccncc1C(NN)c1csnn1. The van der Waals surface area contributed by atoms with Crippen molar-refractivity contribution in [1.82, 2.24) is 20.0 Å². The van der Waals surface area contributed by atoms with Crippen LogP contribution in [0.5, 0.6) is 0 Å². The third-order valence-corrected chi connectivity index (χ3v) is 2.75. The molecule has 15 heavy (non-hydrogen) atoms. The highest BCUT2D eigenvalue weighted by molar-refractivity contribution is 7.03. The smallest absolute Gasteiger partial charge is 0.0983 e. The maximum absolute atomic E-state index is 5.52. The highest BCUT2D eigenvalue weighted by Crippen LogP contribution is 2.21. The molecule has 0 radical (unpaired) electrons. The van der Waals surface area contributed by atoms with Crippen LogP contribution in [0, 0.1) is 6.92 Å². The zero-order chi connectivity index (χ0) is 10.7. The number of nitrogens with one attached hydrogen (secondary N) is 1. The van der Waals surface area contributed by atoms with Gasteiger partial charge in [-0.2, -0.15) is 0 Å². The zero-order valence-electron chi connectivity index (χ0n) is 8.21. The van der Waals surface area contributed by atoms with Gasteiger partial charge in [0.1, 0.15) is 0 Å². The minimum atomic E-state index is -0.141. The van der Waals surface area contributed by atoms with E-state index in [1.54, 1.807) is 12.4 Å². The molecule has 3 N–H and O–H groups in total. The third-order valence-electron chi connectivity index (χ3n) is 2.23. The van der Waals surface area contributed by atoms with Crippen molar-refractivity contribution in [3.63, 3.8) is 0 Å². The first kappa shape index (κ1) is 10.2. The fraction of sp³-hybridized carbons (Fsp3) is 0.222. The van der Waals surface area contributed by atoms with Gasteiger partial charge >= 0.3 is 0 Å². The number of hydrogen-bond donors (Lipinski definition) is 2. The van der Waals surface area contributed by atoms with Crippen LogP contribution >= 0.6 is 11.5 Å². The summed E-state index contributed by atoms with van der Waals surface area (Å²) in [5.74, 6) is 5.52. The molecule has 0 aliphatic heterocycles. The molecule has 2 aromatic rings. The molecule has 6 heteroatoms. The minimum absolute atomic E-state index is 0.141. The lowest BCUT2D eigenvalue weighted by atomic mass is 10.0. The van der Waals surface area contributed by atoms with Gasteiger partial charge in [0.2, 0.25) is 0 Å². The summed E-state index contributed by atoms with van der Waals surface area (Å²) >= 11 is 1.31. The van der Waals surface area contributed by atoms with Crippen molar-refractivity contribution in [3.8, 4) is 0 Å². The van der Waals surface area contributed by atoms with Crippen molar-refractivity contribution in [3.05, 3.63) is 40.7 Å². The maximum atomic E-state index is 5.52. The van der Waals surface area contributed by atoms with E-state index in [0.29, 0.717) is 0 Å². The molecule has 0 aliphatic rings. The lowest BCUT2D eigenvalue weighted by Crippen LogP contribution is -2.29. The molecule has 0 amide bonds. The standard InChI is InChI=1S/C9H11N5S/c1-6-2-3-11-4-7(6)9(12-10)8-5-15-14-13-8/h2-5,9,12H,10H2,1H3. The molecule has 1 unspecified atom stereocenters. The molecule has 0 spiro atoms. The van der Waals surface area contributed by atoms with E-state index in [9.17, 15) is 0 Å². The fourth-order valence-electron chi connectivity index (χ4n) is 1.41. The summed E-state index contributed by atoms with van der Waals surface area (Å²) in [5, 5.41) is 5.88. The number of nitrogens with two attached hydrogens (primary N) is 1. The van der Waals surface area contributed by atoms with Crippen LogP contribution in [0.25, 0.3) is 0 Å². The van der Waals surface area contributed by atoms with Gasteiger partial charge in [-0.15, -0.1) is 5.10 Å². The van der Waals surface area contributed by atoms with Crippen molar-refractivity contribution < 1.29 is 0 Å². The Bertz CT molecular complexity index is 428. The summed E-state index contributed by atoms with van der Waals surface area (Å²) in [7, 11) is 0. The first-order valence-corrected chi connectivity index (χ1v) is 5.30. The number of aromatic nitrogens is 3. The van der Waals surface area contributed by atoms with E-state index in [2.05, 4.69) is 20.0 Å². The van der Waals surface area contributed by atoms with Gasteiger partial charge in [0.05, 0.1) is 11.7 Å². The summed E-state index contributed by atoms with van der Waals surface area (Å²) in [6.07, 6.45) is 3.55. The minimum Gasteiger partial charge on any atom is -0.271 e. The number of hydrazine groups is 1. The molecular weight excluding hydrogens is 210 g/mol. The summed E-state index contributed by atoms with van der Waals surface area (Å²) in [6.45, 7) is 2.02. The molecule has 2 aromatic heterocycles. The number of nitrogens with zero attached hydrogens (tertiary/aromatic N) is 3. The number of rotatable bonds is 3. The normalized spacial score (nSPS) is 12.7. The van der Waals surface area contributed by atoms with Crippen molar-refractivity contribution in [2.45, 2.75) is 13.0 Å². The van der Waals surface area contributed by atoms with E-state index in [1.165, 1.54) is 11.5 Å². The van der Waals surface area contributed by atoms with E-state index in [-0.39, 0.29) is 6.04 Å². The van der Waals surface area contributed by atoms with Crippen molar-refractivity contribution in [1.29, 1.82) is 0 Å². The van der Waals surface area contributed by atoms with Crippen molar-refractivity contribution in [2.75, 3.05) is 0 Å². The van der Waals surface area contributed by atoms with Crippen LogP contribution in [0.2, 0.25) is 0 Å². The van der Waals surface area contributed by atoms with E-state index in [4.69, 9.17) is 5.84 Å². The quantitative estimate of drug-likeness (QED) is 0.592. The molecule has 2 heterocycles. The second kappa shape index (κ2) is 4.43. The van der Waals surface area contributed by atoms with E-state index >= 15 is 0 Å². The summed E-state index contributed by atoms with van der Waals surface area (Å²) in [6, 6.07) is 1.80. The molecule has 1 atom stereocenters. The predicted molar refractivity (Wildman–Crippen MR) is 58.0 cm³/mol. The molecule has 0 aromatic carbocycles. The van der Waals surface area contributed by atoms with Crippen molar-refractivity contribution >= 4 is 11.5 Å². The zero-order valence-corrected chi connectivity index (χ0v) is 9.03. The van der Waals surface area contributed by atoms with E-state index in [1.807, 2.05) is 18.4 Å². The fourth-order valence-corrected chi connectivity index (χ4v) is 1.89. The van der Waals surface area contributed by atoms with Gasteiger partial charge in [-0.3, -0.25) is 10.8 Å². The highest BCUT2D eigenvalue weighted by atomic mass is 32.1. The van der Waals surface area contributed by atoms with Crippen LogP contribution in [0.3, 0.4) is 0 Å². The van der Waals surface area contributed by atoms with Gasteiger partial charge in [0, 0.05) is 17.8 Å². The lowest BCUT2D eigenvalue weighted by molar-refractivity contribution is 0.613. The first-order valence-electron chi connectivity index (χ1n) is 4.46. The number of aryl methyl sites for hydroxylation is 1. The summed E-state index contributed by atoms with van der Waals surface area (Å²) in [5.41, 5.74) is 5.69. The van der Waals surface area contributed by atoms with Gasteiger partial charge in [0.15, 0.2) is 0 Å². The largest absolute Gasteiger partial charge is 0.271 e. The van der Waals surface area contributed by atoms with Gasteiger partial charge in [-0.05, 0) is 35.6 Å². The molecule has 2 rings (SSSR count). The van der Waals surface area contributed by atoms with Gasteiger partial charge in [0.25, 0.3) is 0 Å². The molecule has 0 fully saturated rings. The molecule has 0 saturated carbocycles. The Hall–Kier alpha value is -1.37. The first-order chi connectivity index (χ1) is 7.33. The van der Waals surface area contributed by atoms with Crippen LogP contribution < -0.4 is 11.3 Å². The second-order valence-corrected chi connectivity index (χ2v) is 3.77. The predicted octanol–water partition coefficient (Wildman–Crippen LogP) is 0.794. The van der Waals surface area contributed by atoms with Crippen LogP contribution in [-0.2, 0) is 0 Å². The van der Waals surface area contributed by atoms with E-state index < -0.39 is 0 Å². The Morgan fingerprint density at radius 3 is 3.00 bits per heavy atom. The second-order valence-electron chi connectivity index (χ2n) is 3.16. The average Bonchev–Trinajstić information content (AvgIpc) is 2.75. The van der Waals surface area contributed by atoms with Gasteiger partial charge in [-0.1, -0.05) is 4.49 Å². The van der Waals surface area contributed by atoms with Crippen LogP contribution in [0.1, 0.15) is 22.9 Å². The lowest BCUT2D eigenvalue weighted by Gasteiger charge is -2.14. The Kier molecular flexibility index (Phi) is 3.00. The average molecular weight is 221 g/mol. The molecule has 78 valence electrons. The molecular formula is C9H11N5S. The number of hydrogen-bond acceptors (Lipinski definition) is 6. The Morgan fingerprint density at radius 2 is 2.40 bits per heavy atom. The number of pyridine rings is 1. The third kappa shape index (κ3) is 2.01. The van der Waals surface area contributed by atoms with Crippen LogP contribution in [0.4, 0.5) is 0 Å². The monoisotopic (exact) mass is 221 g/mol. The summed E-state index contributed by atoms with van der Waals surface area (Å²) in [4.78, 5) is 4.08. The van der Waals surface area contributed by atoms with Crippen LogP contribution in [0.15, 0.2) is 23.8 Å². The van der Waals surface area contributed by atoms with Crippen molar-refractivity contribution in [2.24, 2.45) is 5.84 Å². The van der Waals surface area contributed by atoms with Gasteiger partial charge in [-0.25, -0.2) is 5.43 Å². The molecule has 0 bridgehead atoms. The Balaban J connectivity index is 2.40. The topological polar surface area (TPSA) is 76.7 Å². The molecule has 0 aliphatic carbocycles. The van der Waals surface area contributed by atoms with Crippen LogP contribution in [-0.4, -0.2) is 14.6 Å². The molecule has 5 nitrogen and oxygen atoms in total. The Morgan fingerprint density at radius 1 is 1.53 bits per heavy atom. The Labute approximate surface area is 91.5 Å². The van der Waals surface area contributed by atoms with Gasteiger partial charge < -0.3 is 0 Å². The van der Waals surface area contributed by atoms with E-state index in [0.717, 1.165) is 16.8 Å². The maximum Gasteiger partial charge on any atom is 0.0983 e.